The lowest BCUT2D eigenvalue weighted by molar-refractivity contribution is 0.101. The SMILES string of the molecule is CC(C)(N)C(O)c1cc(Cl)ccc1F. The van der Waals surface area contributed by atoms with Crippen LogP contribution in [-0.4, -0.2) is 10.6 Å². The molecule has 0 fully saturated rings. The molecule has 1 aromatic carbocycles. The van der Waals surface area contributed by atoms with Crippen molar-refractivity contribution in [2.75, 3.05) is 0 Å². The number of halogens is 2. The van der Waals surface area contributed by atoms with E-state index in [2.05, 4.69) is 0 Å². The first kappa shape index (κ1) is 11.4. The lowest BCUT2D eigenvalue weighted by atomic mass is 9.92. The summed E-state index contributed by atoms with van der Waals surface area (Å²) in [6, 6.07) is 4.03. The molecule has 0 aliphatic rings. The van der Waals surface area contributed by atoms with Crippen LogP contribution in [0.25, 0.3) is 0 Å². The summed E-state index contributed by atoms with van der Waals surface area (Å²) >= 11 is 5.69. The third kappa shape index (κ3) is 2.44. The van der Waals surface area contributed by atoms with Gasteiger partial charge in [-0.25, -0.2) is 4.39 Å². The Morgan fingerprint density at radius 1 is 1.50 bits per heavy atom. The second kappa shape index (κ2) is 3.85. The molecule has 0 aliphatic carbocycles. The van der Waals surface area contributed by atoms with E-state index >= 15 is 0 Å². The molecule has 0 saturated carbocycles. The molecule has 78 valence electrons. The zero-order valence-electron chi connectivity index (χ0n) is 8.09. The van der Waals surface area contributed by atoms with Gasteiger partial charge in [-0.05, 0) is 32.0 Å². The van der Waals surface area contributed by atoms with E-state index in [-0.39, 0.29) is 5.56 Å². The predicted molar refractivity (Wildman–Crippen MR) is 54.6 cm³/mol. The molecular weight excluding hydrogens is 205 g/mol. The van der Waals surface area contributed by atoms with Gasteiger partial charge in [0.05, 0.1) is 6.10 Å². The van der Waals surface area contributed by atoms with Gasteiger partial charge in [0, 0.05) is 16.1 Å². The van der Waals surface area contributed by atoms with E-state index < -0.39 is 17.5 Å². The van der Waals surface area contributed by atoms with Gasteiger partial charge in [-0.3, -0.25) is 0 Å². The molecule has 4 heteroatoms. The molecule has 0 radical (unpaired) electrons. The molecule has 1 atom stereocenters. The number of aliphatic hydroxyl groups is 1. The highest BCUT2D eigenvalue weighted by molar-refractivity contribution is 6.30. The molecule has 1 aromatic rings. The van der Waals surface area contributed by atoms with Crippen LogP contribution in [0.3, 0.4) is 0 Å². The zero-order chi connectivity index (χ0) is 10.9. The molecule has 3 N–H and O–H groups in total. The van der Waals surface area contributed by atoms with Gasteiger partial charge in [-0.2, -0.15) is 0 Å². The quantitative estimate of drug-likeness (QED) is 0.798. The van der Waals surface area contributed by atoms with E-state index in [1.165, 1.54) is 18.2 Å². The fourth-order valence-electron chi connectivity index (χ4n) is 1.12. The summed E-state index contributed by atoms with van der Waals surface area (Å²) in [5.41, 5.74) is 4.90. The third-order valence-electron chi connectivity index (χ3n) is 1.96. The summed E-state index contributed by atoms with van der Waals surface area (Å²) < 4.78 is 13.3. The van der Waals surface area contributed by atoms with Gasteiger partial charge in [0.1, 0.15) is 5.82 Å². The lowest BCUT2D eigenvalue weighted by Crippen LogP contribution is -2.39. The van der Waals surface area contributed by atoms with E-state index in [1.807, 2.05) is 0 Å². The Balaban J connectivity index is 3.12. The number of rotatable bonds is 2. The van der Waals surface area contributed by atoms with Gasteiger partial charge in [0.25, 0.3) is 0 Å². The van der Waals surface area contributed by atoms with Crippen molar-refractivity contribution in [3.63, 3.8) is 0 Å². The largest absolute Gasteiger partial charge is 0.386 e. The second-order valence-corrected chi connectivity index (χ2v) is 4.33. The first-order chi connectivity index (χ1) is 6.32. The molecule has 0 saturated heterocycles. The fraction of sp³-hybridized carbons (Fsp3) is 0.400. The Bertz CT molecular complexity index is 335. The van der Waals surface area contributed by atoms with Crippen LogP contribution < -0.4 is 5.73 Å². The van der Waals surface area contributed by atoms with Gasteiger partial charge in [-0.1, -0.05) is 11.6 Å². The standard InChI is InChI=1S/C10H13ClFNO/c1-10(2,13)9(14)7-5-6(11)3-4-8(7)12/h3-5,9,14H,13H2,1-2H3. The summed E-state index contributed by atoms with van der Waals surface area (Å²) in [6.07, 6.45) is -1.07. The minimum absolute atomic E-state index is 0.130. The molecule has 0 aromatic heterocycles. The van der Waals surface area contributed by atoms with Crippen molar-refractivity contribution in [3.05, 3.63) is 34.6 Å². The number of aliphatic hydroxyl groups excluding tert-OH is 1. The minimum Gasteiger partial charge on any atom is -0.386 e. The normalized spacial score (nSPS) is 14.1. The minimum atomic E-state index is -1.07. The first-order valence-electron chi connectivity index (χ1n) is 4.24. The van der Waals surface area contributed by atoms with Crippen molar-refractivity contribution >= 4 is 11.6 Å². The summed E-state index contributed by atoms with van der Waals surface area (Å²) in [7, 11) is 0. The van der Waals surface area contributed by atoms with Crippen molar-refractivity contribution in [3.8, 4) is 0 Å². The third-order valence-corrected chi connectivity index (χ3v) is 2.19. The topological polar surface area (TPSA) is 46.2 Å². The monoisotopic (exact) mass is 217 g/mol. The van der Waals surface area contributed by atoms with E-state index in [0.717, 1.165) is 0 Å². The van der Waals surface area contributed by atoms with Gasteiger partial charge in [0.2, 0.25) is 0 Å². The maximum absolute atomic E-state index is 13.3. The van der Waals surface area contributed by atoms with Crippen LogP contribution in [0, 0.1) is 5.82 Å². The first-order valence-corrected chi connectivity index (χ1v) is 4.62. The molecule has 0 heterocycles. The molecule has 1 unspecified atom stereocenters. The van der Waals surface area contributed by atoms with E-state index in [4.69, 9.17) is 17.3 Å². The average molecular weight is 218 g/mol. The van der Waals surface area contributed by atoms with Gasteiger partial charge in [0.15, 0.2) is 0 Å². The predicted octanol–water partition coefficient (Wildman–Crippen LogP) is 2.25. The van der Waals surface area contributed by atoms with Crippen molar-refractivity contribution in [2.45, 2.75) is 25.5 Å². The maximum Gasteiger partial charge on any atom is 0.129 e. The smallest absolute Gasteiger partial charge is 0.129 e. The highest BCUT2D eigenvalue weighted by Crippen LogP contribution is 2.27. The van der Waals surface area contributed by atoms with Gasteiger partial charge >= 0.3 is 0 Å². The molecule has 0 spiro atoms. The van der Waals surface area contributed by atoms with Crippen LogP contribution in [0.5, 0.6) is 0 Å². The van der Waals surface area contributed by atoms with Crippen LogP contribution in [0.2, 0.25) is 5.02 Å². The Morgan fingerprint density at radius 3 is 2.57 bits per heavy atom. The van der Waals surface area contributed by atoms with E-state index in [0.29, 0.717) is 5.02 Å². The maximum atomic E-state index is 13.3. The number of nitrogens with two attached hydrogens (primary N) is 1. The van der Waals surface area contributed by atoms with Crippen LogP contribution in [-0.2, 0) is 0 Å². The summed E-state index contributed by atoms with van der Waals surface area (Å²) in [6.45, 7) is 3.25. The molecule has 0 amide bonds. The van der Waals surface area contributed by atoms with Crippen molar-refractivity contribution < 1.29 is 9.50 Å². The van der Waals surface area contributed by atoms with Crippen molar-refractivity contribution in [2.24, 2.45) is 5.73 Å². The van der Waals surface area contributed by atoms with E-state index in [9.17, 15) is 9.50 Å². The number of benzene rings is 1. The number of hydrogen-bond acceptors (Lipinski definition) is 2. The van der Waals surface area contributed by atoms with Crippen molar-refractivity contribution in [1.29, 1.82) is 0 Å². The Hall–Kier alpha value is -0.640. The van der Waals surface area contributed by atoms with Crippen LogP contribution >= 0.6 is 11.6 Å². The Labute approximate surface area is 87.5 Å². The highest BCUT2D eigenvalue weighted by Gasteiger charge is 2.26. The molecule has 0 aliphatic heterocycles. The fourth-order valence-corrected chi connectivity index (χ4v) is 1.31. The summed E-state index contributed by atoms with van der Waals surface area (Å²) in [5.74, 6) is -0.500. The van der Waals surface area contributed by atoms with Crippen LogP contribution in [0.1, 0.15) is 25.5 Å². The number of hydrogen-bond donors (Lipinski definition) is 2. The second-order valence-electron chi connectivity index (χ2n) is 3.89. The van der Waals surface area contributed by atoms with Crippen LogP contribution in [0.15, 0.2) is 18.2 Å². The summed E-state index contributed by atoms with van der Waals surface area (Å²) in [5, 5.41) is 10.1. The molecule has 1 rings (SSSR count). The Morgan fingerprint density at radius 2 is 2.07 bits per heavy atom. The molecule has 2 nitrogen and oxygen atoms in total. The highest BCUT2D eigenvalue weighted by atomic mass is 35.5. The molecule has 14 heavy (non-hydrogen) atoms. The molecular formula is C10H13ClFNO. The average Bonchev–Trinajstić information content (AvgIpc) is 2.06. The van der Waals surface area contributed by atoms with Gasteiger partial charge in [-0.15, -0.1) is 0 Å². The lowest BCUT2D eigenvalue weighted by Gasteiger charge is -2.26. The zero-order valence-corrected chi connectivity index (χ0v) is 8.85. The van der Waals surface area contributed by atoms with Crippen molar-refractivity contribution in [1.82, 2.24) is 0 Å². The summed E-state index contributed by atoms with van der Waals surface area (Å²) in [4.78, 5) is 0. The van der Waals surface area contributed by atoms with Gasteiger partial charge < -0.3 is 10.8 Å². The Kier molecular flexibility index (Phi) is 3.14. The molecule has 0 bridgehead atoms. The van der Waals surface area contributed by atoms with Crippen LogP contribution in [0.4, 0.5) is 4.39 Å². The van der Waals surface area contributed by atoms with E-state index in [1.54, 1.807) is 13.8 Å².